The first-order valence-corrected chi connectivity index (χ1v) is 12.1. The van der Waals surface area contributed by atoms with Crippen molar-refractivity contribution in [3.8, 4) is 0 Å². The van der Waals surface area contributed by atoms with Crippen molar-refractivity contribution >= 4 is 34.1 Å². The zero-order valence-electron chi connectivity index (χ0n) is 20.4. The number of piperazine rings is 1. The second-order valence-electron chi connectivity index (χ2n) is 8.88. The average Bonchev–Trinajstić information content (AvgIpc) is 2.87. The summed E-state index contributed by atoms with van der Waals surface area (Å²) in [7, 11) is 1.59. The Balaban J connectivity index is 1.57. The van der Waals surface area contributed by atoms with E-state index in [0.29, 0.717) is 49.5 Å². The SMILES string of the molecule is COCCn1c(C(C)N2CCN(C(=O)c3ccc(Cl)c([N+](=O)[O-])c3)C(C)C2)nc2ccccc2c1=O. The molecule has 1 saturated heterocycles. The van der Waals surface area contributed by atoms with Crippen LogP contribution in [0.5, 0.6) is 0 Å². The second kappa shape index (κ2) is 10.7. The fourth-order valence-corrected chi connectivity index (χ4v) is 4.84. The zero-order chi connectivity index (χ0) is 26.0. The summed E-state index contributed by atoms with van der Waals surface area (Å²) in [5, 5.41) is 11.8. The summed E-state index contributed by atoms with van der Waals surface area (Å²) in [6.45, 7) is 6.24. The van der Waals surface area contributed by atoms with Crippen molar-refractivity contribution in [3.05, 3.63) is 79.3 Å². The van der Waals surface area contributed by atoms with Crippen molar-refractivity contribution in [2.75, 3.05) is 33.4 Å². The summed E-state index contributed by atoms with van der Waals surface area (Å²) in [6.07, 6.45) is 0. The van der Waals surface area contributed by atoms with E-state index in [1.807, 2.05) is 32.0 Å². The van der Waals surface area contributed by atoms with Crippen molar-refractivity contribution in [2.45, 2.75) is 32.5 Å². The number of methoxy groups -OCH3 is 1. The third kappa shape index (κ3) is 4.97. The van der Waals surface area contributed by atoms with Crippen molar-refractivity contribution < 1.29 is 14.5 Å². The number of para-hydroxylation sites is 1. The first-order valence-electron chi connectivity index (χ1n) is 11.7. The first kappa shape index (κ1) is 25.7. The van der Waals surface area contributed by atoms with E-state index in [2.05, 4.69) is 4.90 Å². The molecule has 0 N–H and O–H groups in total. The summed E-state index contributed by atoms with van der Waals surface area (Å²) in [6, 6.07) is 11.0. The smallest absolute Gasteiger partial charge is 0.288 e. The normalized spacial score (nSPS) is 17.3. The maximum atomic E-state index is 13.2. The predicted molar refractivity (Wildman–Crippen MR) is 136 cm³/mol. The van der Waals surface area contributed by atoms with E-state index in [1.54, 1.807) is 22.6 Å². The standard InChI is InChI=1S/C25H28ClN5O5/c1-16-15-28(10-11-29(16)24(32)18-8-9-20(26)22(14-18)31(34)35)17(2)23-27-21-7-5-4-6-19(21)25(33)30(23)12-13-36-3/h4-9,14,16-17H,10-13,15H2,1-3H3. The Kier molecular flexibility index (Phi) is 7.67. The van der Waals surface area contributed by atoms with E-state index in [-0.39, 0.29) is 39.8 Å². The average molecular weight is 514 g/mol. The number of nitro groups is 1. The van der Waals surface area contributed by atoms with Crippen LogP contribution in [0.1, 0.15) is 36.1 Å². The van der Waals surface area contributed by atoms with Crippen molar-refractivity contribution in [1.82, 2.24) is 19.4 Å². The van der Waals surface area contributed by atoms with E-state index in [9.17, 15) is 19.7 Å². The minimum Gasteiger partial charge on any atom is -0.383 e. The Bertz CT molecular complexity index is 1360. The zero-order valence-corrected chi connectivity index (χ0v) is 21.1. The molecule has 0 bridgehead atoms. The topological polar surface area (TPSA) is 111 Å². The van der Waals surface area contributed by atoms with Gasteiger partial charge in [-0.15, -0.1) is 0 Å². The van der Waals surface area contributed by atoms with Gasteiger partial charge in [0.25, 0.3) is 17.2 Å². The number of nitrogens with zero attached hydrogens (tertiary/aromatic N) is 5. The summed E-state index contributed by atoms with van der Waals surface area (Å²) < 4.78 is 6.90. The van der Waals surface area contributed by atoms with Gasteiger partial charge in [0.15, 0.2) is 0 Å². The molecule has 0 radical (unpaired) electrons. The van der Waals surface area contributed by atoms with E-state index in [4.69, 9.17) is 21.3 Å². The van der Waals surface area contributed by atoms with Gasteiger partial charge < -0.3 is 9.64 Å². The quantitative estimate of drug-likeness (QED) is 0.351. The molecular formula is C25H28ClN5O5. The molecule has 2 unspecified atom stereocenters. The number of benzene rings is 2. The molecule has 11 heteroatoms. The molecule has 1 aromatic heterocycles. The van der Waals surface area contributed by atoms with Crippen molar-refractivity contribution in [3.63, 3.8) is 0 Å². The Morgan fingerprint density at radius 1 is 1.28 bits per heavy atom. The summed E-state index contributed by atoms with van der Waals surface area (Å²) >= 11 is 5.90. The van der Waals surface area contributed by atoms with Crippen LogP contribution >= 0.6 is 11.6 Å². The Morgan fingerprint density at radius 3 is 2.72 bits per heavy atom. The van der Waals surface area contributed by atoms with Gasteiger partial charge in [0.2, 0.25) is 0 Å². The van der Waals surface area contributed by atoms with Crippen molar-refractivity contribution in [1.29, 1.82) is 0 Å². The number of ether oxygens (including phenoxy) is 1. The van der Waals surface area contributed by atoms with Crippen LogP contribution in [-0.4, -0.2) is 69.6 Å². The Hall–Kier alpha value is -3.34. The number of nitro benzene ring substituents is 1. The van der Waals surface area contributed by atoms with Gasteiger partial charge in [-0.1, -0.05) is 23.7 Å². The lowest BCUT2D eigenvalue weighted by Crippen LogP contribution is -2.54. The lowest BCUT2D eigenvalue weighted by atomic mass is 10.1. The fourth-order valence-electron chi connectivity index (χ4n) is 4.66. The number of fused-ring (bicyclic) bond motifs is 1. The Labute approximate surface area is 213 Å². The molecule has 0 spiro atoms. The monoisotopic (exact) mass is 513 g/mol. The summed E-state index contributed by atoms with van der Waals surface area (Å²) in [5.74, 6) is 0.367. The number of carbonyl (C=O) groups excluding carboxylic acids is 1. The van der Waals surface area contributed by atoms with Gasteiger partial charge in [0, 0.05) is 44.4 Å². The van der Waals surface area contributed by atoms with Crippen LogP contribution < -0.4 is 5.56 Å². The molecule has 1 aliphatic heterocycles. The molecule has 0 aliphatic carbocycles. The van der Waals surface area contributed by atoms with Gasteiger partial charge in [-0.25, -0.2) is 4.98 Å². The molecule has 36 heavy (non-hydrogen) atoms. The summed E-state index contributed by atoms with van der Waals surface area (Å²) in [5.41, 5.74) is 0.470. The minimum atomic E-state index is -0.595. The maximum Gasteiger partial charge on any atom is 0.288 e. The number of carbonyl (C=O) groups is 1. The van der Waals surface area contributed by atoms with Gasteiger partial charge in [0.05, 0.1) is 35.0 Å². The van der Waals surface area contributed by atoms with Crippen LogP contribution in [0.3, 0.4) is 0 Å². The second-order valence-corrected chi connectivity index (χ2v) is 9.29. The maximum absolute atomic E-state index is 13.2. The van der Waals surface area contributed by atoms with E-state index >= 15 is 0 Å². The first-order chi connectivity index (χ1) is 17.2. The highest BCUT2D eigenvalue weighted by atomic mass is 35.5. The molecule has 190 valence electrons. The van der Waals surface area contributed by atoms with Gasteiger partial charge in [-0.2, -0.15) is 0 Å². The highest BCUT2D eigenvalue weighted by molar-refractivity contribution is 6.32. The highest BCUT2D eigenvalue weighted by Gasteiger charge is 2.33. The fraction of sp³-hybridized carbons (Fsp3) is 0.400. The number of amides is 1. The molecule has 2 heterocycles. The van der Waals surface area contributed by atoms with Crippen LogP contribution in [0.4, 0.5) is 5.69 Å². The number of aromatic nitrogens is 2. The van der Waals surface area contributed by atoms with Crippen LogP contribution in [0.25, 0.3) is 10.9 Å². The van der Waals surface area contributed by atoms with E-state index in [1.165, 1.54) is 18.2 Å². The van der Waals surface area contributed by atoms with Crippen LogP contribution in [0.15, 0.2) is 47.3 Å². The molecule has 1 aliphatic rings. The molecule has 0 saturated carbocycles. The molecule has 10 nitrogen and oxygen atoms in total. The van der Waals surface area contributed by atoms with Gasteiger partial charge in [-0.3, -0.25) is 29.2 Å². The molecular weight excluding hydrogens is 486 g/mol. The van der Waals surface area contributed by atoms with Crippen LogP contribution in [0.2, 0.25) is 5.02 Å². The van der Waals surface area contributed by atoms with Gasteiger partial charge in [0.1, 0.15) is 10.8 Å². The third-order valence-corrected chi connectivity index (χ3v) is 6.96. The van der Waals surface area contributed by atoms with Gasteiger partial charge in [-0.05, 0) is 38.1 Å². The lowest BCUT2D eigenvalue weighted by Gasteiger charge is -2.42. The number of hydrogen-bond donors (Lipinski definition) is 0. The Morgan fingerprint density at radius 2 is 2.03 bits per heavy atom. The van der Waals surface area contributed by atoms with Crippen LogP contribution in [-0.2, 0) is 11.3 Å². The number of hydrogen-bond acceptors (Lipinski definition) is 7. The number of halogens is 1. The molecule has 3 aromatic rings. The van der Waals surface area contributed by atoms with Crippen molar-refractivity contribution in [2.24, 2.45) is 0 Å². The van der Waals surface area contributed by atoms with E-state index in [0.717, 1.165) is 0 Å². The van der Waals surface area contributed by atoms with Crippen LogP contribution in [0, 0.1) is 10.1 Å². The minimum absolute atomic E-state index is 0.00866. The van der Waals surface area contributed by atoms with E-state index < -0.39 is 4.92 Å². The molecule has 2 atom stereocenters. The summed E-state index contributed by atoms with van der Waals surface area (Å²) in [4.78, 5) is 45.8. The van der Waals surface area contributed by atoms with Gasteiger partial charge >= 0.3 is 0 Å². The lowest BCUT2D eigenvalue weighted by molar-refractivity contribution is -0.384. The number of rotatable bonds is 7. The third-order valence-electron chi connectivity index (χ3n) is 6.64. The molecule has 4 rings (SSSR count). The predicted octanol–water partition coefficient (Wildman–Crippen LogP) is 3.51. The molecule has 2 aromatic carbocycles. The highest BCUT2D eigenvalue weighted by Crippen LogP contribution is 2.28. The molecule has 1 fully saturated rings. The molecule has 1 amide bonds. The largest absolute Gasteiger partial charge is 0.383 e.